The predicted molar refractivity (Wildman–Crippen MR) is 111 cm³/mol. The Morgan fingerprint density at radius 1 is 1.33 bits per heavy atom. The van der Waals surface area contributed by atoms with Crippen LogP contribution < -0.4 is 16.2 Å². The SMILES string of the molecule is Cc1c(NC(=O)CC(C)C2CCCNC2)c(=O)n(-c2ccccc2)n1C.Cl. The van der Waals surface area contributed by atoms with Crippen LogP contribution in [-0.2, 0) is 11.8 Å². The Bertz CT molecular complexity index is 822. The molecule has 2 heterocycles. The van der Waals surface area contributed by atoms with Crippen LogP contribution >= 0.6 is 12.4 Å². The Balaban J connectivity index is 0.00000261. The molecule has 2 aromatic rings. The Kier molecular flexibility index (Phi) is 7.27. The molecule has 7 heteroatoms. The van der Waals surface area contributed by atoms with Crippen molar-refractivity contribution < 1.29 is 4.79 Å². The average Bonchev–Trinajstić information content (AvgIpc) is 2.86. The molecule has 0 spiro atoms. The average molecular weight is 393 g/mol. The lowest BCUT2D eigenvalue weighted by Crippen LogP contribution is -2.34. The fourth-order valence-corrected chi connectivity index (χ4v) is 3.73. The minimum atomic E-state index is -0.198. The normalized spacial score (nSPS) is 17.8. The van der Waals surface area contributed by atoms with Gasteiger partial charge in [-0.3, -0.25) is 14.3 Å². The number of para-hydroxylation sites is 1. The lowest BCUT2D eigenvalue weighted by atomic mass is 9.85. The van der Waals surface area contributed by atoms with Crippen LogP contribution in [0.5, 0.6) is 0 Å². The number of nitrogens with zero attached hydrogens (tertiary/aromatic N) is 2. The second-order valence-electron chi connectivity index (χ2n) is 7.27. The van der Waals surface area contributed by atoms with Gasteiger partial charge in [-0.2, -0.15) is 0 Å². The van der Waals surface area contributed by atoms with Gasteiger partial charge in [-0.15, -0.1) is 12.4 Å². The highest BCUT2D eigenvalue weighted by Crippen LogP contribution is 2.23. The molecule has 1 aliphatic heterocycles. The number of aromatic nitrogens is 2. The van der Waals surface area contributed by atoms with Crippen molar-refractivity contribution in [2.24, 2.45) is 18.9 Å². The zero-order valence-electron chi connectivity index (χ0n) is 16.2. The molecule has 148 valence electrons. The van der Waals surface area contributed by atoms with Gasteiger partial charge in [-0.05, 0) is 56.8 Å². The van der Waals surface area contributed by atoms with Crippen LogP contribution in [0.15, 0.2) is 35.1 Å². The number of nitrogens with one attached hydrogen (secondary N) is 2. The monoisotopic (exact) mass is 392 g/mol. The summed E-state index contributed by atoms with van der Waals surface area (Å²) in [5, 5.41) is 6.26. The van der Waals surface area contributed by atoms with Crippen molar-refractivity contribution >= 4 is 24.0 Å². The molecular formula is C20H29ClN4O2. The standard InChI is InChI=1S/C20H28N4O2.ClH/c1-14(16-8-7-11-21-13-16)12-18(25)22-19-15(2)23(3)24(20(19)26)17-9-5-4-6-10-17;/h4-6,9-10,14,16,21H,7-8,11-13H2,1-3H3,(H,22,25);1H. The first kappa shape index (κ1) is 21.3. The van der Waals surface area contributed by atoms with Crippen molar-refractivity contribution in [3.8, 4) is 5.69 Å². The van der Waals surface area contributed by atoms with Gasteiger partial charge < -0.3 is 10.6 Å². The summed E-state index contributed by atoms with van der Waals surface area (Å²) in [7, 11) is 1.83. The van der Waals surface area contributed by atoms with Gasteiger partial charge >= 0.3 is 0 Å². The van der Waals surface area contributed by atoms with E-state index < -0.39 is 0 Å². The highest BCUT2D eigenvalue weighted by molar-refractivity contribution is 5.91. The van der Waals surface area contributed by atoms with E-state index >= 15 is 0 Å². The highest BCUT2D eigenvalue weighted by atomic mass is 35.5. The van der Waals surface area contributed by atoms with E-state index in [1.807, 2.05) is 44.3 Å². The van der Waals surface area contributed by atoms with Gasteiger partial charge in [-0.1, -0.05) is 25.1 Å². The molecule has 0 bridgehead atoms. The molecular weight excluding hydrogens is 364 g/mol. The number of carbonyl (C=O) groups is 1. The number of carbonyl (C=O) groups excluding carboxylic acids is 1. The molecule has 2 unspecified atom stereocenters. The van der Waals surface area contributed by atoms with Crippen LogP contribution in [-0.4, -0.2) is 28.4 Å². The van der Waals surface area contributed by atoms with Crippen LogP contribution in [0, 0.1) is 18.8 Å². The first-order chi connectivity index (χ1) is 12.5. The number of piperidine rings is 1. The van der Waals surface area contributed by atoms with E-state index in [4.69, 9.17) is 0 Å². The number of rotatable bonds is 5. The van der Waals surface area contributed by atoms with Gasteiger partial charge in [0.05, 0.1) is 11.4 Å². The molecule has 1 aromatic heterocycles. The van der Waals surface area contributed by atoms with Gasteiger partial charge in [0, 0.05) is 13.5 Å². The lowest BCUT2D eigenvalue weighted by molar-refractivity contribution is -0.117. The summed E-state index contributed by atoms with van der Waals surface area (Å²) in [5.41, 5.74) is 1.70. The van der Waals surface area contributed by atoms with E-state index in [1.165, 1.54) is 0 Å². The maximum atomic E-state index is 12.9. The summed E-state index contributed by atoms with van der Waals surface area (Å²) in [4.78, 5) is 25.4. The largest absolute Gasteiger partial charge is 0.320 e. The van der Waals surface area contributed by atoms with Crippen molar-refractivity contribution in [2.75, 3.05) is 18.4 Å². The Morgan fingerprint density at radius 2 is 2.04 bits per heavy atom. The third-order valence-corrected chi connectivity index (χ3v) is 5.47. The van der Waals surface area contributed by atoms with Gasteiger partial charge in [0.15, 0.2) is 0 Å². The van der Waals surface area contributed by atoms with E-state index in [-0.39, 0.29) is 23.9 Å². The quantitative estimate of drug-likeness (QED) is 0.822. The van der Waals surface area contributed by atoms with Gasteiger partial charge in [0.1, 0.15) is 5.69 Å². The summed E-state index contributed by atoms with van der Waals surface area (Å²) in [6.45, 7) is 6.01. The van der Waals surface area contributed by atoms with Crippen molar-refractivity contribution in [3.05, 3.63) is 46.4 Å². The molecule has 2 N–H and O–H groups in total. The number of amides is 1. The molecule has 1 saturated heterocycles. The van der Waals surface area contributed by atoms with E-state index in [0.29, 0.717) is 23.9 Å². The van der Waals surface area contributed by atoms with Gasteiger partial charge in [0.2, 0.25) is 5.91 Å². The fourth-order valence-electron chi connectivity index (χ4n) is 3.73. The minimum Gasteiger partial charge on any atom is -0.320 e. The molecule has 0 aliphatic carbocycles. The Labute approximate surface area is 166 Å². The van der Waals surface area contributed by atoms with Crippen molar-refractivity contribution in [1.82, 2.24) is 14.7 Å². The molecule has 1 amide bonds. The number of hydrogen-bond acceptors (Lipinski definition) is 3. The molecule has 0 radical (unpaired) electrons. The summed E-state index contributed by atoms with van der Waals surface area (Å²) < 4.78 is 3.36. The Morgan fingerprint density at radius 3 is 2.67 bits per heavy atom. The number of hydrogen-bond donors (Lipinski definition) is 2. The molecule has 0 saturated carbocycles. The minimum absolute atomic E-state index is 0. The zero-order valence-corrected chi connectivity index (χ0v) is 17.0. The summed E-state index contributed by atoms with van der Waals surface area (Å²) in [6, 6.07) is 9.45. The van der Waals surface area contributed by atoms with Gasteiger partial charge in [-0.25, -0.2) is 4.68 Å². The van der Waals surface area contributed by atoms with E-state index in [9.17, 15) is 9.59 Å². The molecule has 1 fully saturated rings. The predicted octanol–water partition coefficient (Wildman–Crippen LogP) is 2.87. The third-order valence-electron chi connectivity index (χ3n) is 5.47. The highest BCUT2D eigenvalue weighted by Gasteiger charge is 2.24. The number of halogens is 1. The zero-order chi connectivity index (χ0) is 18.7. The van der Waals surface area contributed by atoms with Crippen LogP contribution in [0.3, 0.4) is 0 Å². The first-order valence-corrected chi connectivity index (χ1v) is 9.33. The summed E-state index contributed by atoms with van der Waals surface area (Å²) in [6.07, 6.45) is 2.76. The van der Waals surface area contributed by atoms with Crippen molar-refractivity contribution in [1.29, 1.82) is 0 Å². The summed E-state index contributed by atoms with van der Waals surface area (Å²) >= 11 is 0. The van der Waals surface area contributed by atoms with E-state index in [1.54, 1.807) is 9.36 Å². The maximum Gasteiger partial charge on any atom is 0.295 e. The second kappa shape index (κ2) is 9.24. The Hall–Kier alpha value is -2.05. The van der Waals surface area contributed by atoms with E-state index in [2.05, 4.69) is 17.6 Å². The fraction of sp³-hybridized carbons (Fsp3) is 0.500. The molecule has 3 rings (SSSR count). The molecule has 1 aromatic carbocycles. The smallest absolute Gasteiger partial charge is 0.295 e. The third kappa shape index (κ3) is 4.62. The van der Waals surface area contributed by atoms with Crippen molar-refractivity contribution in [2.45, 2.75) is 33.1 Å². The number of anilines is 1. The summed E-state index contributed by atoms with van der Waals surface area (Å²) in [5.74, 6) is 0.726. The van der Waals surface area contributed by atoms with Crippen LogP contribution in [0.25, 0.3) is 5.69 Å². The molecule has 6 nitrogen and oxygen atoms in total. The van der Waals surface area contributed by atoms with Crippen LogP contribution in [0.4, 0.5) is 5.69 Å². The van der Waals surface area contributed by atoms with E-state index in [0.717, 1.165) is 37.3 Å². The lowest BCUT2D eigenvalue weighted by Gasteiger charge is -2.27. The molecule has 27 heavy (non-hydrogen) atoms. The first-order valence-electron chi connectivity index (χ1n) is 9.33. The van der Waals surface area contributed by atoms with Gasteiger partial charge in [0.25, 0.3) is 5.56 Å². The van der Waals surface area contributed by atoms with Crippen molar-refractivity contribution in [3.63, 3.8) is 0 Å². The molecule has 2 atom stereocenters. The second-order valence-corrected chi connectivity index (χ2v) is 7.27. The van der Waals surface area contributed by atoms with Crippen LogP contribution in [0.2, 0.25) is 0 Å². The maximum absolute atomic E-state index is 12.9. The van der Waals surface area contributed by atoms with Crippen LogP contribution in [0.1, 0.15) is 31.9 Å². The number of benzene rings is 1. The topological polar surface area (TPSA) is 68.1 Å². The molecule has 1 aliphatic rings.